The van der Waals surface area contributed by atoms with E-state index in [9.17, 15) is 5.11 Å². The molecule has 0 bridgehead atoms. The van der Waals surface area contributed by atoms with Gasteiger partial charge in [-0.1, -0.05) is 123 Å². The zero-order valence-corrected chi connectivity index (χ0v) is 22.9. The van der Waals surface area contributed by atoms with Crippen LogP contribution in [0.15, 0.2) is 0 Å². The molecule has 0 saturated carbocycles. The Bertz CT molecular complexity index is 359. The van der Waals surface area contributed by atoms with Gasteiger partial charge in [0.25, 0.3) is 0 Å². The van der Waals surface area contributed by atoms with Crippen molar-refractivity contribution in [3.8, 4) is 0 Å². The summed E-state index contributed by atoms with van der Waals surface area (Å²) in [5, 5.41) is 10.4. The van der Waals surface area contributed by atoms with E-state index < -0.39 is 0 Å². The van der Waals surface area contributed by atoms with Crippen LogP contribution in [-0.4, -0.2) is 56.1 Å². The van der Waals surface area contributed by atoms with Crippen molar-refractivity contribution in [2.75, 3.05) is 40.4 Å². The Morgan fingerprint density at radius 1 is 0.562 bits per heavy atom. The van der Waals surface area contributed by atoms with Crippen LogP contribution in [0.25, 0.3) is 0 Å². The number of aliphatic hydroxyl groups is 1. The molecule has 0 aromatic heterocycles. The molecule has 0 fully saturated rings. The van der Waals surface area contributed by atoms with Crippen LogP contribution < -0.4 is 0 Å². The largest absolute Gasteiger partial charge is 0.385 e. The van der Waals surface area contributed by atoms with Gasteiger partial charge in [-0.05, 0) is 19.3 Å². The second-order valence-electron chi connectivity index (χ2n) is 10.9. The van der Waals surface area contributed by atoms with Crippen LogP contribution in [0.4, 0.5) is 0 Å². The van der Waals surface area contributed by atoms with Crippen LogP contribution in [-0.2, 0) is 4.74 Å². The van der Waals surface area contributed by atoms with Crippen molar-refractivity contribution in [3.63, 3.8) is 0 Å². The van der Waals surface area contributed by atoms with Gasteiger partial charge in [-0.25, -0.2) is 0 Å². The molecule has 0 aromatic rings. The van der Waals surface area contributed by atoms with E-state index in [1.165, 1.54) is 122 Å². The zero-order valence-electron chi connectivity index (χ0n) is 22.9. The van der Waals surface area contributed by atoms with Crippen LogP contribution in [0.1, 0.15) is 142 Å². The molecule has 3 nitrogen and oxygen atoms in total. The molecule has 0 radical (unpaired) electrons. The number of aliphatic hydroxyl groups excluding tert-OH is 1. The van der Waals surface area contributed by atoms with E-state index in [0.29, 0.717) is 6.61 Å². The minimum atomic E-state index is -0.337. The van der Waals surface area contributed by atoms with Gasteiger partial charge in [0.2, 0.25) is 0 Å². The maximum absolute atomic E-state index is 10.4. The highest BCUT2D eigenvalue weighted by atomic mass is 16.5. The van der Waals surface area contributed by atoms with Crippen molar-refractivity contribution in [2.24, 2.45) is 0 Å². The van der Waals surface area contributed by atoms with Crippen LogP contribution in [0.3, 0.4) is 0 Å². The van der Waals surface area contributed by atoms with Gasteiger partial charge in [-0.3, -0.25) is 0 Å². The first-order chi connectivity index (χ1) is 15.5. The first-order valence-electron chi connectivity index (χ1n) is 14.6. The molecule has 0 rings (SSSR count). The van der Waals surface area contributed by atoms with Gasteiger partial charge >= 0.3 is 0 Å². The molecule has 194 valence electrons. The SMILES string of the molecule is CCCCCCCCCCCCCC[N+](C)(C)CC(O)COCCCCCCCCCC. The molecule has 0 saturated heterocycles. The molecule has 0 heterocycles. The van der Waals surface area contributed by atoms with Crippen molar-refractivity contribution >= 4 is 0 Å². The first-order valence-corrected chi connectivity index (χ1v) is 14.6. The summed E-state index contributed by atoms with van der Waals surface area (Å²) in [6.07, 6.45) is 27.0. The molecule has 0 aromatic carbocycles. The van der Waals surface area contributed by atoms with Crippen LogP contribution in [0.5, 0.6) is 0 Å². The zero-order chi connectivity index (χ0) is 23.8. The van der Waals surface area contributed by atoms with Gasteiger partial charge in [0.1, 0.15) is 12.6 Å². The molecular formula is C29H62NO2+. The molecule has 1 unspecified atom stereocenters. The molecular weight excluding hydrogens is 394 g/mol. The number of hydrogen-bond acceptors (Lipinski definition) is 2. The smallest absolute Gasteiger partial charge is 0.126 e. The summed E-state index contributed by atoms with van der Waals surface area (Å²) in [6, 6.07) is 0. The first kappa shape index (κ1) is 31.9. The Kier molecular flexibility index (Phi) is 23.9. The highest BCUT2D eigenvalue weighted by molar-refractivity contribution is 4.54. The summed E-state index contributed by atoms with van der Waals surface area (Å²) < 4.78 is 6.65. The Labute approximate surface area is 203 Å². The lowest BCUT2D eigenvalue weighted by Crippen LogP contribution is -2.47. The Balaban J connectivity index is 3.45. The lowest BCUT2D eigenvalue weighted by molar-refractivity contribution is -0.893. The van der Waals surface area contributed by atoms with E-state index in [-0.39, 0.29) is 6.10 Å². The molecule has 3 heteroatoms. The third-order valence-electron chi connectivity index (χ3n) is 6.77. The average Bonchev–Trinajstić information content (AvgIpc) is 2.75. The Hall–Kier alpha value is -0.120. The fraction of sp³-hybridized carbons (Fsp3) is 1.00. The van der Waals surface area contributed by atoms with Crippen LogP contribution in [0, 0.1) is 0 Å². The minimum absolute atomic E-state index is 0.337. The predicted molar refractivity (Wildman–Crippen MR) is 142 cm³/mol. The number of likely N-dealkylation sites (N-methyl/N-ethyl adjacent to an activating group) is 1. The molecule has 0 spiro atoms. The highest BCUT2D eigenvalue weighted by Gasteiger charge is 2.20. The normalized spacial score (nSPS) is 13.0. The van der Waals surface area contributed by atoms with Crippen molar-refractivity contribution in [1.82, 2.24) is 0 Å². The van der Waals surface area contributed by atoms with E-state index in [4.69, 9.17) is 4.74 Å². The van der Waals surface area contributed by atoms with E-state index in [0.717, 1.165) is 30.6 Å². The Morgan fingerprint density at radius 3 is 1.38 bits per heavy atom. The van der Waals surface area contributed by atoms with E-state index >= 15 is 0 Å². The molecule has 1 atom stereocenters. The van der Waals surface area contributed by atoms with Gasteiger partial charge in [0.05, 0.1) is 27.2 Å². The van der Waals surface area contributed by atoms with E-state index in [2.05, 4.69) is 27.9 Å². The fourth-order valence-corrected chi connectivity index (χ4v) is 4.65. The summed E-state index contributed by atoms with van der Waals surface area (Å²) in [5.41, 5.74) is 0. The maximum Gasteiger partial charge on any atom is 0.126 e. The second kappa shape index (κ2) is 24.0. The third kappa shape index (κ3) is 24.5. The lowest BCUT2D eigenvalue weighted by Gasteiger charge is -2.32. The molecule has 32 heavy (non-hydrogen) atoms. The van der Waals surface area contributed by atoms with Crippen LogP contribution >= 0.6 is 0 Å². The topological polar surface area (TPSA) is 29.5 Å². The number of rotatable bonds is 26. The number of quaternary nitrogens is 1. The van der Waals surface area contributed by atoms with Crippen molar-refractivity contribution < 1.29 is 14.3 Å². The summed E-state index contributed by atoms with van der Waals surface area (Å²) in [5.74, 6) is 0. The molecule has 0 amide bonds. The third-order valence-corrected chi connectivity index (χ3v) is 6.77. The fourth-order valence-electron chi connectivity index (χ4n) is 4.65. The van der Waals surface area contributed by atoms with Gasteiger partial charge < -0.3 is 14.3 Å². The predicted octanol–water partition coefficient (Wildman–Crippen LogP) is 8.28. The maximum atomic E-state index is 10.4. The molecule has 0 aliphatic heterocycles. The molecule has 0 aliphatic carbocycles. The number of unbranched alkanes of at least 4 members (excludes halogenated alkanes) is 18. The van der Waals surface area contributed by atoms with Crippen LogP contribution in [0.2, 0.25) is 0 Å². The summed E-state index contributed by atoms with van der Waals surface area (Å²) >= 11 is 0. The summed E-state index contributed by atoms with van der Waals surface area (Å²) in [7, 11) is 4.50. The lowest BCUT2D eigenvalue weighted by atomic mass is 10.1. The second-order valence-corrected chi connectivity index (χ2v) is 10.9. The van der Waals surface area contributed by atoms with E-state index in [1.54, 1.807) is 0 Å². The summed E-state index contributed by atoms with van der Waals surface area (Å²) in [6.45, 7) is 7.82. The average molecular weight is 457 g/mol. The van der Waals surface area contributed by atoms with E-state index in [1.807, 2.05) is 0 Å². The highest BCUT2D eigenvalue weighted by Crippen LogP contribution is 2.13. The van der Waals surface area contributed by atoms with Gasteiger partial charge in [0, 0.05) is 6.61 Å². The summed E-state index contributed by atoms with van der Waals surface area (Å²) in [4.78, 5) is 0. The quantitative estimate of drug-likeness (QED) is 0.105. The standard InChI is InChI=1S/C29H62NO2/c1-5-7-9-11-13-15-16-17-18-19-21-23-25-30(3,4)27-29(31)28-32-26-24-22-20-14-12-10-8-6-2/h29,31H,5-28H2,1-4H3/q+1. The monoisotopic (exact) mass is 456 g/mol. The molecule has 1 N–H and O–H groups in total. The number of nitrogens with zero attached hydrogens (tertiary/aromatic N) is 1. The number of hydrogen-bond donors (Lipinski definition) is 1. The molecule has 0 aliphatic rings. The van der Waals surface area contributed by atoms with Crippen molar-refractivity contribution in [1.29, 1.82) is 0 Å². The van der Waals surface area contributed by atoms with Gasteiger partial charge in [-0.2, -0.15) is 0 Å². The van der Waals surface area contributed by atoms with Gasteiger partial charge in [-0.15, -0.1) is 0 Å². The number of ether oxygens (including phenoxy) is 1. The van der Waals surface area contributed by atoms with Crippen molar-refractivity contribution in [2.45, 2.75) is 148 Å². The van der Waals surface area contributed by atoms with Crippen molar-refractivity contribution in [3.05, 3.63) is 0 Å². The van der Waals surface area contributed by atoms with Gasteiger partial charge in [0.15, 0.2) is 0 Å². The minimum Gasteiger partial charge on any atom is -0.385 e. The Morgan fingerprint density at radius 2 is 0.938 bits per heavy atom.